The van der Waals surface area contributed by atoms with Gasteiger partial charge in [0.15, 0.2) is 6.10 Å². The lowest BCUT2D eigenvalue weighted by molar-refractivity contribution is -0.127. The fourth-order valence-electron chi connectivity index (χ4n) is 2.90. The van der Waals surface area contributed by atoms with E-state index in [-0.39, 0.29) is 11.9 Å². The van der Waals surface area contributed by atoms with Gasteiger partial charge in [0.25, 0.3) is 5.91 Å². The summed E-state index contributed by atoms with van der Waals surface area (Å²) in [6, 6.07) is 13.6. The molecule has 140 valence electrons. The standard InChI is InChI=1S/C22H29NO3/c1-14(2)18-12-11-15(3)13-21(18)26-17(5)22(24)23-16(4)19-9-7-8-10-20(19)25-6/h7-14,16-17H,1-6H3,(H,23,24)/t16-,17+/m0/s1. The van der Waals surface area contributed by atoms with Crippen molar-refractivity contribution in [2.24, 2.45) is 0 Å². The van der Waals surface area contributed by atoms with E-state index < -0.39 is 6.10 Å². The van der Waals surface area contributed by atoms with Crippen LogP contribution in [0.1, 0.15) is 56.3 Å². The van der Waals surface area contributed by atoms with Crippen LogP contribution in [0.4, 0.5) is 0 Å². The van der Waals surface area contributed by atoms with E-state index in [1.807, 2.05) is 44.2 Å². The summed E-state index contributed by atoms with van der Waals surface area (Å²) in [7, 11) is 1.63. The molecule has 0 aliphatic heterocycles. The van der Waals surface area contributed by atoms with Crippen LogP contribution < -0.4 is 14.8 Å². The number of para-hydroxylation sites is 1. The highest BCUT2D eigenvalue weighted by Crippen LogP contribution is 2.29. The number of amides is 1. The number of carbonyl (C=O) groups excluding carboxylic acids is 1. The molecule has 4 heteroatoms. The Morgan fingerprint density at radius 3 is 2.31 bits per heavy atom. The van der Waals surface area contributed by atoms with E-state index in [2.05, 4.69) is 31.3 Å². The first-order chi connectivity index (χ1) is 12.3. The molecule has 26 heavy (non-hydrogen) atoms. The molecule has 0 bridgehead atoms. The van der Waals surface area contributed by atoms with Crippen LogP contribution in [-0.4, -0.2) is 19.1 Å². The van der Waals surface area contributed by atoms with Crippen LogP contribution in [0.2, 0.25) is 0 Å². The number of rotatable bonds is 7. The first-order valence-corrected chi connectivity index (χ1v) is 9.04. The van der Waals surface area contributed by atoms with Gasteiger partial charge in [-0.2, -0.15) is 0 Å². The molecular formula is C22H29NO3. The molecule has 0 aliphatic carbocycles. The zero-order chi connectivity index (χ0) is 19.3. The lowest BCUT2D eigenvalue weighted by atomic mass is 10.0. The first-order valence-electron chi connectivity index (χ1n) is 9.04. The summed E-state index contributed by atoms with van der Waals surface area (Å²) in [5.41, 5.74) is 3.15. The molecule has 0 aliphatic rings. The quantitative estimate of drug-likeness (QED) is 0.778. The van der Waals surface area contributed by atoms with Gasteiger partial charge >= 0.3 is 0 Å². The van der Waals surface area contributed by atoms with Crippen LogP contribution in [-0.2, 0) is 4.79 Å². The second-order valence-corrected chi connectivity index (χ2v) is 6.93. The largest absolute Gasteiger partial charge is 0.496 e. The number of ether oxygens (including phenoxy) is 2. The SMILES string of the molecule is COc1ccccc1[C@H](C)NC(=O)[C@@H](C)Oc1cc(C)ccc1C(C)C. The molecule has 2 rings (SSSR count). The normalized spacial score (nSPS) is 13.2. The maximum Gasteiger partial charge on any atom is 0.261 e. The second-order valence-electron chi connectivity index (χ2n) is 6.93. The van der Waals surface area contributed by atoms with Crippen molar-refractivity contribution < 1.29 is 14.3 Å². The summed E-state index contributed by atoms with van der Waals surface area (Å²) in [5.74, 6) is 1.70. The number of hydrogen-bond acceptors (Lipinski definition) is 3. The van der Waals surface area contributed by atoms with Crippen LogP contribution in [0.3, 0.4) is 0 Å². The predicted octanol–water partition coefficient (Wildman–Crippen LogP) is 4.77. The topological polar surface area (TPSA) is 47.6 Å². The fourth-order valence-corrected chi connectivity index (χ4v) is 2.90. The average molecular weight is 355 g/mol. The Morgan fingerprint density at radius 1 is 0.962 bits per heavy atom. The minimum atomic E-state index is -0.591. The number of methoxy groups -OCH3 is 1. The molecule has 0 saturated heterocycles. The van der Waals surface area contributed by atoms with Gasteiger partial charge in [-0.05, 0) is 49.9 Å². The van der Waals surface area contributed by atoms with Crippen LogP contribution in [0.5, 0.6) is 11.5 Å². The van der Waals surface area contributed by atoms with Gasteiger partial charge in [-0.3, -0.25) is 4.79 Å². The van der Waals surface area contributed by atoms with Gasteiger partial charge in [-0.15, -0.1) is 0 Å². The minimum Gasteiger partial charge on any atom is -0.496 e. The molecule has 0 saturated carbocycles. The van der Waals surface area contributed by atoms with Gasteiger partial charge in [0, 0.05) is 5.56 Å². The van der Waals surface area contributed by atoms with Crippen LogP contribution in [0.25, 0.3) is 0 Å². The molecule has 2 atom stereocenters. The Morgan fingerprint density at radius 2 is 1.65 bits per heavy atom. The third kappa shape index (κ3) is 4.78. The van der Waals surface area contributed by atoms with Gasteiger partial charge in [-0.25, -0.2) is 0 Å². The van der Waals surface area contributed by atoms with E-state index in [1.165, 1.54) is 0 Å². The zero-order valence-corrected chi connectivity index (χ0v) is 16.5. The van der Waals surface area contributed by atoms with Crippen molar-refractivity contribution in [1.82, 2.24) is 5.32 Å². The molecule has 2 aromatic rings. The highest BCUT2D eigenvalue weighted by atomic mass is 16.5. The Bertz CT molecular complexity index is 755. The molecule has 4 nitrogen and oxygen atoms in total. The van der Waals surface area contributed by atoms with Crippen LogP contribution in [0, 0.1) is 6.92 Å². The molecule has 0 radical (unpaired) electrons. The fraction of sp³-hybridized carbons (Fsp3) is 0.409. The third-order valence-corrected chi connectivity index (χ3v) is 4.43. The van der Waals surface area contributed by atoms with Gasteiger partial charge in [0.05, 0.1) is 13.2 Å². The van der Waals surface area contributed by atoms with Crippen molar-refractivity contribution in [3.63, 3.8) is 0 Å². The van der Waals surface area contributed by atoms with Crippen LogP contribution >= 0.6 is 0 Å². The van der Waals surface area contributed by atoms with Crippen molar-refractivity contribution in [3.05, 3.63) is 59.2 Å². The second kappa shape index (κ2) is 8.75. The van der Waals surface area contributed by atoms with Crippen molar-refractivity contribution in [1.29, 1.82) is 0 Å². The average Bonchev–Trinajstić information content (AvgIpc) is 2.61. The summed E-state index contributed by atoms with van der Waals surface area (Å²) < 4.78 is 11.4. The first kappa shape index (κ1) is 19.8. The number of carbonyl (C=O) groups is 1. The number of nitrogens with one attached hydrogen (secondary N) is 1. The van der Waals surface area contributed by atoms with E-state index in [9.17, 15) is 4.79 Å². The molecule has 1 N–H and O–H groups in total. The van der Waals surface area contributed by atoms with Gasteiger partial charge < -0.3 is 14.8 Å². The van der Waals surface area contributed by atoms with Crippen LogP contribution in [0.15, 0.2) is 42.5 Å². The molecule has 0 spiro atoms. The minimum absolute atomic E-state index is 0.153. The van der Waals surface area contributed by atoms with E-state index in [4.69, 9.17) is 9.47 Å². The highest BCUT2D eigenvalue weighted by molar-refractivity contribution is 5.81. The molecule has 0 fully saturated rings. The summed E-state index contributed by atoms with van der Waals surface area (Å²) in [6.07, 6.45) is -0.591. The number of hydrogen-bond donors (Lipinski definition) is 1. The third-order valence-electron chi connectivity index (χ3n) is 4.43. The summed E-state index contributed by atoms with van der Waals surface area (Å²) >= 11 is 0. The molecule has 0 aromatic heterocycles. The van der Waals surface area contributed by atoms with E-state index in [1.54, 1.807) is 14.0 Å². The zero-order valence-electron chi connectivity index (χ0n) is 16.5. The maximum absolute atomic E-state index is 12.6. The van der Waals surface area contributed by atoms with E-state index >= 15 is 0 Å². The molecule has 0 unspecified atom stereocenters. The number of aryl methyl sites for hydroxylation is 1. The summed E-state index contributed by atoms with van der Waals surface area (Å²) in [5, 5.41) is 3.01. The smallest absolute Gasteiger partial charge is 0.261 e. The predicted molar refractivity (Wildman–Crippen MR) is 105 cm³/mol. The van der Waals surface area contributed by atoms with Gasteiger partial charge in [0.2, 0.25) is 0 Å². The van der Waals surface area contributed by atoms with Gasteiger partial charge in [-0.1, -0.05) is 44.2 Å². The van der Waals surface area contributed by atoms with E-state index in [0.29, 0.717) is 5.92 Å². The number of benzene rings is 2. The molecule has 1 amide bonds. The van der Waals surface area contributed by atoms with Gasteiger partial charge in [0.1, 0.15) is 11.5 Å². The Kier molecular flexibility index (Phi) is 6.67. The van der Waals surface area contributed by atoms with Crippen molar-refractivity contribution in [3.8, 4) is 11.5 Å². The Hall–Kier alpha value is -2.49. The lowest BCUT2D eigenvalue weighted by Gasteiger charge is -2.22. The molecular weight excluding hydrogens is 326 g/mol. The lowest BCUT2D eigenvalue weighted by Crippen LogP contribution is -2.38. The summed E-state index contributed by atoms with van der Waals surface area (Å²) in [4.78, 5) is 12.6. The molecule has 0 heterocycles. The highest BCUT2D eigenvalue weighted by Gasteiger charge is 2.21. The monoisotopic (exact) mass is 355 g/mol. The van der Waals surface area contributed by atoms with E-state index in [0.717, 1.165) is 28.2 Å². The van der Waals surface area contributed by atoms with Crippen molar-refractivity contribution >= 4 is 5.91 Å². The molecule has 2 aromatic carbocycles. The Balaban J connectivity index is 2.10. The Labute approximate surface area is 156 Å². The maximum atomic E-state index is 12.6. The van der Waals surface area contributed by atoms with Crippen molar-refractivity contribution in [2.45, 2.75) is 52.7 Å². The van der Waals surface area contributed by atoms with Crippen molar-refractivity contribution in [2.75, 3.05) is 7.11 Å². The summed E-state index contributed by atoms with van der Waals surface area (Å²) in [6.45, 7) is 9.97.